The van der Waals surface area contributed by atoms with Crippen LogP contribution < -0.4 is 5.73 Å². The SMILES string of the molecule is CC(C)(C)[Si](C)(C)OC1CC(CCN)C1. The topological polar surface area (TPSA) is 35.2 Å². The fourth-order valence-electron chi connectivity index (χ4n) is 1.84. The van der Waals surface area contributed by atoms with Crippen molar-refractivity contribution >= 4 is 8.32 Å². The van der Waals surface area contributed by atoms with Crippen LogP contribution in [0.1, 0.15) is 40.0 Å². The van der Waals surface area contributed by atoms with Gasteiger partial charge in [-0.05, 0) is 49.9 Å². The van der Waals surface area contributed by atoms with Crippen LogP contribution in [0.5, 0.6) is 0 Å². The van der Waals surface area contributed by atoms with Gasteiger partial charge in [-0.25, -0.2) is 0 Å². The molecule has 2 N–H and O–H groups in total. The lowest BCUT2D eigenvalue weighted by Gasteiger charge is -2.44. The number of rotatable bonds is 4. The Hall–Kier alpha value is 0.137. The van der Waals surface area contributed by atoms with Crippen LogP contribution in [0.3, 0.4) is 0 Å². The van der Waals surface area contributed by atoms with E-state index in [-0.39, 0.29) is 0 Å². The van der Waals surface area contributed by atoms with Gasteiger partial charge in [-0.2, -0.15) is 0 Å². The van der Waals surface area contributed by atoms with Gasteiger partial charge in [0.15, 0.2) is 8.32 Å². The van der Waals surface area contributed by atoms with Crippen molar-refractivity contribution < 1.29 is 4.43 Å². The molecule has 0 bridgehead atoms. The van der Waals surface area contributed by atoms with Gasteiger partial charge >= 0.3 is 0 Å². The van der Waals surface area contributed by atoms with Gasteiger partial charge in [-0.1, -0.05) is 20.8 Å². The van der Waals surface area contributed by atoms with E-state index >= 15 is 0 Å². The van der Waals surface area contributed by atoms with Crippen LogP contribution in [0.2, 0.25) is 18.1 Å². The van der Waals surface area contributed by atoms with Gasteiger partial charge in [-0.15, -0.1) is 0 Å². The summed E-state index contributed by atoms with van der Waals surface area (Å²) in [6, 6.07) is 0. The first-order valence-electron chi connectivity index (χ1n) is 6.14. The predicted octanol–water partition coefficient (Wildman–Crippen LogP) is 3.14. The summed E-state index contributed by atoms with van der Waals surface area (Å²) in [4.78, 5) is 0. The van der Waals surface area contributed by atoms with Crippen LogP contribution >= 0.6 is 0 Å². The van der Waals surface area contributed by atoms with Crippen molar-refractivity contribution in [1.82, 2.24) is 0 Å². The normalized spacial score (nSPS) is 27.6. The average Bonchev–Trinajstić information content (AvgIpc) is 1.98. The first kappa shape index (κ1) is 13.2. The van der Waals surface area contributed by atoms with Gasteiger partial charge in [0, 0.05) is 6.10 Å². The first-order valence-corrected chi connectivity index (χ1v) is 9.05. The predicted molar refractivity (Wildman–Crippen MR) is 68.5 cm³/mol. The molecule has 1 fully saturated rings. The van der Waals surface area contributed by atoms with E-state index in [0.717, 1.165) is 12.5 Å². The molecule has 0 saturated heterocycles. The molecule has 0 aliphatic heterocycles. The number of hydrogen-bond donors (Lipinski definition) is 1. The highest BCUT2D eigenvalue weighted by Crippen LogP contribution is 2.41. The van der Waals surface area contributed by atoms with Crippen molar-refractivity contribution in [2.45, 2.75) is 64.3 Å². The molecule has 1 aliphatic rings. The molecule has 90 valence electrons. The van der Waals surface area contributed by atoms with E-state index in [2.05, 4.69) is 33.9 Å². The summed E-state index contributed by atoms with van der Waals surface area (Å²) in [5, 5.41) is 0.339. The Labute approximate surface area is 95.7 Å². The zero-order valence-electron chi connectivity index (χ0n) is 11.0. The second-order valence-electron chi connectivity index (χ2n) is 6.41. The molecule has 0 aromatic heterocycles. The second-order valence-corrected chi connectivity index (χ2v) is 11.2. The minimum atomic E-state index is -1.52. The van der Waals surface area contributed by atoms with E-state index in [4.69, 9.17) is 10.2 Å². The molecule has 1 saturated carbocycles. The van der Waals surface area contributed by atoms with E-state index in [0.29, 0.717) is 11.1 Å². The van der Waals surface area contributed by atoms with Crippen molar-refractivity contribution in [3.8, 4) is 0 Å². The summed E-state index contributed by atoms with van der Waals surface area (Å²) in [5.41, 5.74) is 5.55. The minimum absolute atomic E-state index is 0.339. The van der Waals surface area contributed by atoms with E-state index < -0.39 is 8.32 Å². The molecule has 0 atom stereocenters. The average molecular weight is 229 g/mol. The van der Waals surface area contributed by atoms with Crippen LogP contribution in [0, 0.1) is 5.92 Å². The molecule has 0 aromatic carbocycles. The molecule has 1 rings (SSSR count). The molecule has 0 radical (unpaired) electrons. The molecule has 0 amide bonds. The fourth-order valence-corrected chi connectivity index (χ4v) is 3.21. The standard InChI is InChI=1S/C12H27NOSi/c1-12(2,3)15(4,5)14-11-8-10(9-11)6-7-13/h10-11H,6-9,13H2,1-5H3. The summed E-state index contributed by atoms with van der Waals surface area (Å²) >= 11 is 0. The molecular formula is C12H27NOSi. The lowest BCUT2D eigenvalue weighted by atomic mass is 9.80. The Morgan fingerprint density at radius 3 is 2.20 bits per heavy atom. The van der Waals surface area contributed by atoms with E-state index in [1.165, 1.54) is 19.3 Å². The number of nitrogens with two attached hydrogens (primary N) is 1. The van der Waals surface area contributed by atoms with Gasteiger partial charge in [0.05, 0.1) is 0 Å². The second kappa shape index (κ2) is 4.56. The Morgan fingerprint density at radius 1 is 1.27 bits per heavy atom. The van der Waals surface area contributed by atoms with E-state index in [9.17, 15) is 0 Å². The van der Waals surface area contributed by atoms with Crippen LogP contribution in [0.25, 0.3) is 0 Å². The summed E-state index contributed by atoms with van der Waals surface area (Å²) < 4.78 is 6.31. The third-order valence-electron chi connectivity index (χ3n) is 4.03. The molecule has 3 heteroatoms. The zero-order valence-corrected chi connectivity index (χ0v) is 12.0. The highest BCUT2D eigenvalue weighted by Gasteiger charge is 2.42. The van der Waals surface area contributed by atoms with Crippen molar-refractivity contribution in [2.24, 2.45) is 11.7 Å². The van der Waals surface area contributed by atoms with Gasteiger partial charge in [-0.3, -0.25) is 0 Å². The quantitative estimate of drug-likeness (QED) is 0.752. The number of hydrogen-bond acceptors (Lipinski definition) is 2. The monoisotopic (exact) mass is 229 g/mol. The summed E-state index contributed by atoms with van der Waals surface area (Å²) in [6.45, 7) is 12.4. The lowest BCUT2D eigenvalue weighted by molar-refractivity contribution is 0.0498. The maximum Gasteiger partial charge on any atom is 0.192 e. The maximum absolute atomic E-state index is 6.31. The highest BCUT2D eigenvalue weighted by molar-refractivity contribution is 6.74. The maximum atomic E-state index is 6.31. The van der Waals surface area contributed by atoms with Crippen molar-refractivity contribution in [1.29, 1.82) is 0 Å². The van der Waals surface area contributed by atoms with Gasteiger partial charge in [0.25, 0.3) is 0 Å². The molecular weight excluding hydrogens is 202 g/mol. The smallest absolute Gasteiger partial charge is 0.192 e. The highest BCUT2D eigenvalue weighted by atomic mass is 28.4. The molecule has 0 heterocycles. The van der Waals surface area contributed by atoms with Crippen LogP contribution in [-0.2, 0) is 4.43 Å². The zero-order chi connectivity index (χ0) is 11.7. The van der Waals surface area contributed by atoms with Gasteiger partial charge in [0.1, 0.15) is 0 Å². The largest absolute Gasteiger partial charge is 0.414 e. The van der Waals surface area contributed by atoms with E-state index in [1.807, 2.05) is 0 Å². The fraction of sp³-hybridized carbons (Fsp3) is 1.00. The van der Waals surface area contributed by atoms with Crippen molar-refractivity contribution in [3.63, 3.8) is 0 Å². The molecule has 1 aliphatic carbocycles. The Bertz CT molecular complexity index is 204. The third kappa shape index (κ3) is 3.30. The Balaban J connectivity index is 2.33. The third-order valence-corrected chi connectivity index (χ3v) is 8.57. The summed E-state index contributed by atoms with van der Waals surface area (Å²) in [6.07, 6.45) is 4.19. The Morgan fingerprint density at radius 2 is 1.80 bits per heavy atom. The molecule has 2 nitrogen and oxygen atoms in total. The minimum Gasteiger partial charge on any atom is -0.414 e. The Kier molecular flexibility index (Phi) is 4.01. The summed E-state index contributed by atoms with van der Waals surface area (Å²) in [7, 11) is -1.52. The molecule has 0 spiro atoms. The van der Waals surface area contributed by atoms with Crippen LogP contribution in [0.15, 0.2) is 0 Å². The van der Waals surface area contributed by atoms with Crippen molar-refractivity contribution in [3.05, 3.63) is 0 Å². The van der Waals surface area contributed by atoms with Crippen molar-refractivity contribution in [2.75, 3.05) is 6.54 Å². The van der Waals surface area contributed by atoms with Crippen LogP contribution in [-0.4, -0.2) is 21.0 Å². The van der Waals surface area contributed by atoms with E-state index in [1.54, 1.807) is 0 Å². The molecule has 15 heavy (non-hydrogen) atoms. The summed E-state index contributed by atoms with van der Waals surface area (Å²) in [5.74, 6) is 0.838. The molecule has 0 unspecified atom stereocenters. The lowest BCUT2D eigenvalue weighted by Crippen LogP contribution is -2.47. The van der Waals surface area contributed by atoms with Gasteiger partial charge in [0.2, 0.25) is 0 Å². The van der Waals surface area contributed by atoms with Gasteiger partial charge < -0.3 is 10.2 Å². The first-order chi connectivity index (χ1) is 6.76. The van der Waals surface area contributed by atoms with Crippen LogP contribution in [0.4, 0.5) is 0 Å². The molecule has 0 aromatic rings.